The summed E-state index contributed by atoms with van der Waals surface area (Å²) in [4.78, 5) is 29.8. The molecule has 3 rings (SSSR count). The smallest absolute Gasteiger partial charge is 0.326 e. The lowest BCUT2D eigenvalue weighted by molar-refractivity contribution is -0.142. The topological polar surface area (TPSA) is 104 Å². The van der Waals surface area contributed by atoms with Crippen molar-refractivity contribution in [3.05, 3.63) is 23.4 Å². The standard InChI is InChI=1S/C23H36N4O4/c1-16(28)25-21(23(29)30)9-11-27(12-13-31-2)20-14-17(15-20)5-7-19-8-6-18-4-3-10-24-22(18)26-19/h6,8,17,20-21H,3-5,7,9-15H2,1-2H3,(H,24,26)(H,25,28)(H,29,30). The van der Waals surface area contributed by atoms with Crippen molar-refractivity contribution >= 4 is 17.7 Å². The Kier molecular flexibility index (Phi) is 8.66. The van der Waals surface area contributed by atoms with Gasteiger partial charge < -0.3 is 20.5 Å². The Morgan fingerprint density at radius 3 is 2.87 bits per heavy atom. The number of pyridine rings is 1. The molecule has 2 aliphatic rings. The highest BCUT2D eigenvalue weighted by molar-refractivity contribution is 5.82. The van der Waals surface area contributed by atoms with Crippen LogP contribution in [0.1, 0.15) is 50.3 Å². The van der Waals surface area contributed by atoms with Crippen molar-refractivity contribution in [1.82, 2.24) is 15.2 Å². The molecule has 1 aromatic heterocycles. The van der Waals surface area contributed by atoms with Crippen LogP contribution in [0, 0.1) is 5.92 Å². The zero-order valence-electron chi connectivity index (χ0n) is 18.7. The maximum absolute atomic E-state index is 11.4. The fourth-order valence-corrected chi connectivity index (χ4v) is 4.58. The molecule has 3 N–H and O–H groups in total. The monoisotopic (exact) mass is 432 g/mol. The second-order valence-corrected chi connectivity index (χ2v) is 8.78. The molecule has 0 spiro atoms. The third-order valence-electron chi connectivity index (χ3n) is 6.45. The number of rotatable bonds is 12. The minimum atomic E-state index is -0.986. The number of aliphatic carboxylic acids is 1. The first-order valence-corrected chi connectivity index (χ1v) is 11.4. The summed E-state index contributed by atoms with van der Waals surface area (Å²) in [6, 6.07) is 3.99. The van der Waals surface area contributed by atoms with E-state index in [4.69, 9.17) is 9.72 Å². The minimum absolute atomic E-state index is 0.314. The first-order valence-electron chi connectivity index (χ1n) is 11.4. The molecule has 8 heteroatoms. The number of nitrogens with zero attached hydrogens (tertiary/aromatic N) is 2. The van der Waals surface area contributed by atoms with Gasteiger partial charge in [0.15, 0.2) is 0 Å². The van der Waals surface area contributed by atoms with Gasteiger partial charge in [-0.3, -0.25) is 9.69 Å². The van der Waals surface area contributed by atoms with Gasteiger partial charge in [0, 0.05) is 45.4 Å². The zero-order valence-corrected chi connectivity index (χ0v) is 18.7. The molecule has 8 nitrogen and oxygen atoms in total. The molecule has 1 amide bonds. The number of anilines is 1. The Hall–Kier alpha value is -2.19. The van der Waals surface area contributed by atoms with Crippen molar-refractivity contribution in [1.29, 1.82) is 0 Å². The second-order valence-electron chi connectivity index (χ2n) is 8.78. The molecule has 1 aliphatic carbocycles. The van der Waals surface area contributed by atoms with Gasteiger partial charge in [-0.05, 0) is 62.5 Å². The quantitative estimate of drug-likeness (QED) is 0.465. The molecule has 1 unspecified atom stereocenters. The van der Waals surface area contributed by atoms with Crippen LogP contribution in [0.3, 0.4) is 0 Å². The number of nitrogens with one attached hydrogen (secondary N) is 2. The molecule has 0 radical (unpaired) electrons. The van der Waals surface area contributed by atoms with Gasteiger partial charge in [-0.2, -0.15) is 0 Å². The summed E-state index contributed by atoms with van der Waals surface area (Å²) in [5.41, 5.74) is 2.49. The van der Waals surface area contributed by atoms with Crippen LogP contribution in [0.4, 0.5) is 5.82 Å². The normalized spacial score (nSPS) is 21.0. The van der Waals surface area contributed by atoms with E-state index in [9.17, 15) is 14.7 Å². The van der Waals surface area contributed by atoms with Crippen LogP contribution in [-0.4, -0.2) is 72.3 Å². The lowest BCUT2D eigenvalue weighted by atomic mass is 9.76. The van der Waals surface area contributed by atoms with Crippen LogP contribution < -0.4 is 10.6 Å². The molecular weight excluding hydrogens is 396 g/mol. The van der Waals surface area contributed by atoms with Crippen molar-refractivity contribution < 1.29 is 19.4 Å². The lowest BCUT2D eigenvalue weighted by Crippen LogP contribution is -2.49. The fourth-order valence-electron chi connectivity index (χ4n) is 4.58. The molecule has 31 heavy (non-hydrogen) atoms. The number of carbonyl (C=O) groups excluding carboxylic acids is 1. The molecule has 1 aliphatic heterocycles. The van der Waals surface area contributed by atoms with Crippen LogP contribution in [0.25, 0.3) is 0 Å². The number of fused-ring (bicyclic) bond motifs is 1. The lowest BCUT2D eigenvalue weighted by Gasteiger charge is -2.43. The number of aryl methyl sites for hydroxylation is 2. The maximum atomic E-state index is 11.4. The molecule has 1 fully saturated rings. The van der Waals surface area contributed by atoms with Gasteiger partial charge in [0.2, 0.25) is 5.91 Å². The maximum Gasteiger partial charge on any atom is 0.326 e. The number of hydrogen-bond donors (Lipinski definition) is 3. The van der Waals surface area contributed by atoms with E-state index < -0.39 is 12.0 Å². The second kappa shape index (κ2) is 11.4. The van der Waals surface area contributed by atoms with Crippen LogP contribution in [0.2, 0.25) is 0 Å². The summed E-state index contributed by atoms with van der Waals surface area (Å²) in [6.45, 7) is 4.39. The highest BCUT2D eigenvalue weighted by Crippen LogP contribution is 2.35. The summed E-state index contributed by atoms with van der Waals surface area (Å²) in [5, 5.41) is 15.3. The number of amides is 1. The SMILES string of the molecule is COCCN(CCC(NC(C)=O)C(=O)O)C1CC(CCc2ccc3c(n2)NCCC3)C1. The summed E-state index contributed by atoms with van der Waals surface area (Å²) in [5.74, 6) is 0.436. The number of carbonyl (C=O) groups is 2. The van der Waals surface area contributed by atoms with E-state index in [0.717, 1.165) is 56.7 Å². The number of ether oxygens (including phenoxy) is 1. The first kappa shape index (κ1) is 23.5. The van der Waals surface area contributed by atoms with E-state index in [0.29, 0.717) is 31.5 Å². The van der Waals surface area contributed by atoms with Crippen molar-refractivity contribution in [2.75, 3.05) is 38.7 Å². The van der Waals surface area contributed by atoms with E-state index in [-0.39, 0.29) is 5.91 Å². The molecule has 0 aromatic carbocycles. The minimum Gasteiger partial charge on any atom is -0.480 e. The fraction of sp³-hybridized carbons (Fsp3) is 0.696. The zero-order chi connectivity index (χ0) is 22.2. The van der Waals surface area contributed by atoms with E-state index in [2.05, 4.69) is 27.7 Å². The Bertz CT molecular complexity index is 751. The van der Waals surface area contributed by atoms with Gasteiger partial charge in [-0.15, -0.1) is 0 Å². The van der Waals surface area contributed by atoms with Gasteiger partial charge in [0.05, 0.1) is 6.61 Å². The van der Waals surface area contributed by atoms with Crippen molar-refractivity contribution in [3.8, 4) is 0 Å². The molecule has 172 valence electrons. The summed E-state index contributed by atoms with van der Waals surface area (Å²) in [7, 11) is 1.68. The van der Waals surface area contributed by atoms with Crippen LogP contribution in [0.5, 0.6) is 0 Å². The van der Waals surface area contributed by atoms with Gasteiger partial charge in [-0.25, -0.2) is 9.78 Å². The molecular formula is C23H36N4O4. The van der Waals surface area contributed by atoms with Gasteiger partial charge in [0.1, 0.15) is 11.9 Å². The van der Waals surface area contributed by atoms with Crippen LogP contribution in [0.15, 0.2) is 12.1 Å². The van der Waals surface area contributed by atoms with E-state index >= 15 is 0 Å². The van der Waals surface area contributed by atoms with Crippen molar-refractivity contribution in [2.24, 2.45) is 5.92 Å². The Morgan fingerprint density at radius 1 is 1.35 bits per heavy atom. The van der Waals surface area contributed by atoms with Crippen molar-refractivity contribution in [3.63, 3.8) is 0 Å². The number of aromatic nitrogens is 1. The van der Waals surface area contributed by atoms with Crippen LogP contribution >= 0.6 is 0 Å². The van der Waals surface area contributed by atoms with E-state index in [1.165, 1.54) is 18.9 Å². The summed E-state index contributed by atoms with van der Waals surface area (Å²) >= 11 is 0. The van der Waals surface area contributed by atoms with Gasteiger partial charge >= 0.3 is 5.97 Å². The van der Waals surface area contributed by atoms with E-state index in [1.54, 1.807) is 7.11 Å². The first-order chi connectivity index (χ1) is 15.0. The number of carboxylic acids is 1. The predicted octanol–water partition coefficient (Wildman–Crippen LogP) is 2.08. The summed E-state index contributed by atoms with van der Waals surface area (Å²) in [6.07, 6.45) is 7.04. The third kappa shape index (κ3) is 6.90. The van der Waals surface area contributed by atoms with Crippen LogP contribution in [-0.2, 0) is 27.2 Å². The molecule has 0 saturated heterocycles. The van der Waals surface area contributed by atoms with Gasteiger partial charge in [0.25, 0.3) is 0 Å². The highest BCUT2D eigenvalue weighted by Gasteiger charge is 2.33. The Balaban J connectivity index is 1.45. The highest BCUT2D eigenvalue weighted by atomic mass is 16.5. The Labute approximate surface area is 184 Å². The number of carboxylic acid groups (broad SMARTS) is 1. The molecule has 1 atom stereocenters. The number of methoxy groups -OCH3 is 1. The molecule has 2 heterocycles. The average molecular weight is 433 g/mol. The van der Waals surface area contributed by atoms with Crippen molar-refractivity contribution in [2.45, 2.75) is 64.0 Å². The molecule has 1 aromatic rings. The predicted molar refractivity (Wildman–Crippen MR) is 119 cm³/mol. The summed E-state index contributed by atoms with van der Waals surface area (Å²) < 4.78 is 5.25. The molecule has 1 saturated carbocycles. The third-order valence-corrected chi connectivity index (χ3v) is 6.45. The largest absolute Gasteiger partial charge is 0.480 e. The average Bonchev–Trinajstić information content (AvgIpc) is 2.72. The van der Waals surface area contributed by atoms with E-state index in [1.807, 2.05) is 0 Å². The molecule has 0 bridgehead atoms. The van der Waals surface area contributed by atoms with Gasteiger partial charge in [-0.1, -0.05) is 6.07 Å². The number of hydrogen-bond acceptors (Lipinski definition) is 6. The Morgan fingerprint density at radius 2 is 2.16 bits per heavy atom.